The smallest absolute Gasteiger partial charge is 0.225 e. The van der Waals surface area contributed by atoms with Gasteiger partial charge in [0.1, 0.15) is 6.07 Å². The van der Waals surface area contributed by atoms with Crippen LogP contribution in [0.3, 0.4) is 0 Å². The predicted molar refractivity (Wildman–Crippen MR) is 110 cm³/mol. The van der Waals surface area contributed by atoms with Gasteiger partial charge in [0.25, 0.3) is 0 Å². The molecule has 1 unspecified atom stereocenters. The van der Waals surface area contributed by atoms with E-state index in [1.807, 2.05) is 24.3 Å². The fourth-order valence-electron chi connectivity index (χ4n) is 4.49. The van der Waals surface area contributed by atoms with Crippen molar-refractivity contribution >= 4 is 22.5 Å². The van der Waals surface area contributed by atoms with Crippen molar-refractivity contribution in [2.24, 2.45) is 11.8 Å². The lowest BCUT2D eigenvalue weighted by Gasteiger charge is -2.30. The summed E-state index contributed by atoms with van der Waals surface area (Å²) >= 11 is 0. The molecule has 0 radical (unpaired) electrons. The van der Waals surface area contributed by atoms with Crippen LogP contribution < -0.4 is 10.2 Å². The number of carbonyl (C=O) groups is 1. The third kappa shape index (κ3) is 3.55. The molecule has 4 rings (SSSR count). The number of pyridine rings is 1. The van der Waals surface area contributed by atoms with Gasteiger partial charge in [-0.25, -0.2) is 0 Å². The first-order chi connectivity index (χ1) is 13.6. The summed E-state index contributed by atoms with van der Waals surface area (Å²) in [4.78, 5) is 21.9. The van der Waals surface area contributed by atoms with E-state index in [1.54, 1.807) is 6.20 Å². The van der Waals surface area contributed by atoms with Crippen molar-refractivity contribution in [3.8, 4) is 6.07 Å². The molecule has 146 valence electrons. The van der Waals surface area contributed by atoms with E-state index in [4.69, 9.17) is 0 Å². The van der Waals surface area contributed by atoms with E-state index in [9.17, 15) is 10.1 Å². The summed E-state index contributed by atoms with van der Waals surface area (Å²) in [6.45, 7) is 5.78. The van der Waals surface area contributed by atoms with Gasteiger partial charge in [0, 0.05) is 36.4 Å². The first kappa shape index (κ1) is 18.7. The quantitative estimate of drug-likeness (QED) is 0.889. The highest BCUT2D eigenvalue weighted by Crippen LogP contribution is 2.34. The molecule has 1 amide bonds. The van der Waals surface area contributed by atoms with Crippen LogP contribution in [0.5, 0.6) is 0 Å². The molecule has 2 aliphatic heterocycles. The van der Waals surface area contributed by atoms with Gasteiger partial charge in [-0.1, -0.05) is 6.92 Å². The highest BCUT2D eigenvalue weighted by Gasteiger charge is 2.36. The molecular weight excluding hydrogens is 350 g/mol. The van der Waals surface area contributed by atoms with Crippen molar-refractivity contribution in [3.63, 3.8) is 0 Å². The minimum absolute atomic E-state index is 0.0120. The minimum Gasteiger partial charge on any atom is -0.370 e. The Hall–Kier alpha value is -2.65. The number of hydrogen-bond donors (Lipinski definition) is 1. The average Bonchev–Trinajstić information content (AvgIpc) is 3.10. The maximum Gasteiger partial charge on any atom is 0.225 e. The molecule has 28 heavy (non-hydrogen) atoms. The van der Waals surface area contributed by atoms with Gasteiger partial charge in [0.05, 0.1) is 17.0 Å². The Morgan fingerprint density at radius 3 is 2.79 bits per heavy atom. The third-order valence-electron chi connectivity index (χ3n) is 6.22. The second-order valence-electron chi connectivity index (χ2n) is 8.22. The van der Waals surface area contributed by atoms with Crippen molar-refractivity contribution in [1.82, 2.24) is 15.2 Å². The van der Waals surface area contributed by atoms with Crippen molar-refractivity contribution in [3.05, 3.63) is 36.0 Å². The Balaban J connectivity index is 1.51. The molecule has 1 N–H and O–H groups in total. The molecule has 3 heterocycles. The lowest BCUT2D eigenvalue weighted by molar-refractivity contribution is -0.126. The van der Waals surface area contributed by atoms with Gasteiger partial charge < -0.3 is 15.1 Å². The summed E-state index contributed by atoms with van der Waals surface area (Å²) in [6.07, 6.45) is 3.77. The SMILES string of the molecule is CC1CN(c2ccc(C#N)c3ncccc23)C[C@H]1C(=O)NC1CCN(C)CC1. The number of aromatic nitrogens is 1. The molecule has 2 aromatic rings. The zero-order chi connectivity index (χ0) is 19.7. The van der Waals surface area contributed by atoms with Crippen LogP contribution in [0, 0.1) is 23.2 Å². The molecule has 1 aromatic heterocycles. The van der Waals surface area contributed by atoms with Crippen LogP contribution in [0.15, 0.2) is 30.5 Å². The van der Waals surface area contributed by atoms with Crippen LogP contribution >= 0.6 is 0 Å². The van der Waals surface area contributed by atoms with Crippen molar-refractivity contribution in [2.45, 2.75) is 25.8 Å². The molecule has 2 fully saturated rings. The number of carbonyl (C=O) groups excluding carboxylic acids is 1. The van der Waals surface area contributed by atoms with Gasteiger partial charge in [-0.2, -0.15) is 5.26 Å². The molecule has 0 aliphatic carbocycles. The van der Waals surface area contributed by atoms with E-state index in [-0.39, 0.29) is 17.7 Å². The second-order valence-corrected chi connectivity index (χ2v) is 8.22. The number of hydrogen-bond acceptors (Lipinski definition) is 5. The van der Waals surface area contributed by atoms with Crippen LogP contribution in [0.2, 0.25) is 0 Å². The number of nitrogens with zero attached hydrogens (tertiary/aromatic N) is 4. The van der Waals surface area contributed by atoms with Gasteiger partial charge in [0.2, 0.25) is 5.91 Å². The van der Waals surface area contributed by atoms with E-state index in [1.165, 1.54) is 0 Å². The summed E-state index contributed by atoms with van der Waals surface area (Å²) in [6, 6.07) is 10.3. The summed E-state index contributed by atoms with van der Waals surface area (Å²) < 4.78 is 0. The maximum atomic E-state index is 12.9. The van der Waals surface area contributed by atoms with Gasteiger partial charge in [-0.15, -0.1) is 0 Å². The summed E-state index contributed by atoms with van der Waals surface area (Å²) in [5.41, 5.74) is 2.38. The molecular formula is C22H27N5O. The fraction of sp³-hybridized carbons (Fsp3) is 0.500. The normalized spacial score (nSPS) is 23.7. The van der Waals surface area contributed by atoms with Gasteiger partial charge >= 0.3 is 0 Å². The van der Waals surface area contributed by atoms with E-state index in [2.05, 4.69) is 40.1 Å². The van der Waals surface area contributed by atoms with Gasteiger partial charge in [-0.05, 0) is 63.2 Å². The number of anilines is 1. The fourth-order valence-corrected chi connectivity index (χ4v) is 4.49. The molecule has 2 atom stereocenters. The van der Waals surface area contributed by atoms with Crippen molar-refractivity contribution < 1.29 is 4.79 Å². The number of amides is 1. The van der Waals surface area contributed by atoms with Crippen LogP contribution in [-0.4, -0.2) is 55.1 Å². The van der Waals surface area contributed by atoms with Gasteiger partial charge in [-0.3, -0.25) is 9.78 Å². The first-order valence-corrected chi connectivity index (χ1v) is 10.1. The third-order valence-corrected chi connectivity index (χ3v) is 6.22. The first-order valence-electron chi connectivity index (χ1n) is 10.1. The highest BCUT2D eigenvalue weighted by atomic mass is 16.2. The summed E-state index contributed by atoms with van der Waals surface area (Å²) in [7, 11) is 2.13. The number of benzene rings is 1. The molecule has 6 nitrogen and oxygen atoms in total. The Bertz CT molecular complexity index is 913. The van der Waals surface area contributed by atoms with Crippen LogP contribution in [0.25, 0.3) is 10.9 Å². The number of nitrogens with one attached hydrogen (secondary N) is 1. The van der Waals surface area contributed by atoms with E-state index < -0.39 is 0 Å². The largest absolute Gasteiger partial charge is 0.370 e. The Kier molecular flexibility index (Phi) is 5.19. The van der Waals surface area contributed by atoms with Gasteiger partial charge in [0.15, 0.2) is 0 Å². The molecule has 2 aliphatic rings. The standard InChI is InChI=1S/C22H27N5O/c1-15-13-27(14-19(15)22(28)25-17-7-10-26(2)11-8-17)20-6-5-16(12-23)21-18(20)4-3-9-24-21/h3-6,9,15,17,19H,7-8,10-11,13-14H2,1-2H3,(H,25,28)/t15?,19-/m1/s1. The van der Waals surface area contributed by atoms with E-state index in [0.29, 0.717) is 18.2 Å². The van der Waals surface area contributed by atoms with Crippen molar-refractivity contribution in [1.29, 1.82) is 5.26 Å². The minimum atomic E-state index is -0.0120. The number of rotatable bonds is 3. The lowest BCUT2D eigenvalue weighted by atomic mass is 9.96. The highest BCUT2D eigenvalue weighted by molar-refractivity contribution is 5.95. The van der Waals surface area contributed by atoms with E-state index in [0.717, 1.165) is 49.1 Å². The molecule has 0 bridgehead atoms. The summed E-state index contributed by atoms with van der Waals surface area (Å²) in [5.74, 6) is 0.455. The lowest BCUT2D eigenvalue weighted by Crippen LogP contribution is -2.46. The number of piperidine rings is 1. The molecule has 2 saturated heterocycles. The Labute approximate surface area is 166 Å². The number of fused-ring (bicyclic) bond motifs is 1. The zero-order valence-electron chi connectivity index (χ0n) is 16.6. The molecule has 6 heteroatoms. The van der Waals surface area contributed by atoms with Crippen LogP contribution in [0.4, 0.5) is 5.69 Å². The molecule has 0 saturated carbocycles. The monoisotopic (exact) mass is 377 g/mol. The topological polar surface area (TPSA) is 72.3 Å². The zero-order valence-corrected chi connectivity index (χ0v) is 16.6. The second kappa shape index (κ2) is 7.76. The Morgan fingerprint density at radius 1 is 1.25 bits per heavy atom. The number of nitriles is 1. The maximum absolute atomic E-state index is 12.9. The van der Waals surface area contributed by atoms with Crippen LogP contribution in [0.1, 0.15) is 25.3 Å². The van der Waals surface area contributed by atoms with Crippen LogP contribution in [-0.2, 0) is 4.79 Å². The van der Waals surface area contributed by atoms with E-state index >= 15 is 0 Å². The van der Waals surface area contributed by atoms with Crippen molar-refractivity contribution in [2.75, 3.05) is 38.1 Å². The molecule has 1 aromatic carbocycles. The Morgan fingerprint density at radius 2 is 2.04 bits per heavy atom. The number of likely N-dealkylation sites (tertiary alicyclic amines) is 1. The summed E-state index contributed by atoms with van der Waals surface area (Å²) in [5, 5.41) is 13.6. The molecule has 0 spiro atoms. The average molecular weight is 377 g/mol. The predicted octanol–water partition coefficient (Wildman–Crippen LogP) is 2.39.